The van der Waals surface area contributed by atoms with Crippen LogP contribution in [0.25, 0.3) is 0 Å². The molecule has 1 nitrogen and oxygen atoms in total. The molecule has 1 N–H and O–H groups in total. The minimum atomic E-state index is -0.200. The second-order valence-corrected chi connectivity index (χ2v) is 6.53. The molecule has 0 aromatic heterocycles. The molecule has 0 heterocycles. The predicted molar refractivity (Wildman–Crippen MR) is 84.2 cm³/mol. The second kappa shape index (κ2) is 8.23. The van der Waals surface area contributed by atoms with E-state index in [-0.39, 0.29) is 11.9 Å². The minimum absolute atomic E-state index is 0.0351. The quantitative estimate of drug-likeness (QED) is 0.620. The van der Waals surface area contributed by atoms with Gasteiger partial charge < -0.3 is 5.32 Å². The summed E-state index contributed by atoms with van der Waals surface area (Å²) in [6, 6.07) is 3.22. The molecule has 1 aromatic carbocycles. The van der Waals surface area contributed by atoms with Crippen molar-refractivity contribution in [3.8, 4) is 0 Å². The molecule has 0 amide bonds. The van der Waals surface area contributed by atoms with Gasteiger partial charge in [0.1, 0.15) is 5.82 Å². The Kier molecular flexibility index (Phi) is 7.33. The highest BCUT2D eigenvalue weighted by Crippen LogP contribution is 2.31. The van der Waals surface area contributed by atoms with E-state index >= 15 is 0 Å². The Balaban J connectivity index is 2.92. The fraction of sp³-hybridized carbons (Fsp3) is 0.600. The normalized spacial score (nSPS) is 13.0. The third-order valence-electron chi connectivity index (χ3n) is 3.09. The van der Waals surface area contributed by atoms with Gasteiger partial charge in [0.05, 0.1) is 5.02 Å². The Morgan fingerprint density at radius 2 is 2.00 bits per heavy atom. The van der Waals surface area contributed by atoms with Crippen LogP contribution in [0.15, 0.2) is 16.6 Å². The van der Waals surface area contributed by atoms with Crippen LogP contribution in [0.5, 0.6) is 0 Å². The average Bonchev–Trinajstić information content (AvgIpc) is 2.34. The topological polar surface area (TPSA) is 12.0 Å². The molecule has 0 spiro atoms. The van der Waals surface area contributed by atoms with Crippen LogP contribution < -0.4 is 5.32 Å². The molecule has 1 unspecified atom stereocenters. The van der Waals surface area contributed by atoms with Crippen LogP contribution in [0.2, 0.25) is 5.02 Å². The average molecular weight is 351 g/mol. The van der Waals surface area contributed by atoms with Crippen LogP contribution >= 0.6 is 27.5 Å². The van der Waals surface area contributed by atoms with Crippen molar-refractivity contribution in [2.75, 3.05) is 6.54 Å². The first kappa shape index (κ1) is 16.9. The molecule has 0 aliphatic heterocycles. The van der Waals surface area contributed by atoms with Crippen LogP contribution in [0.4, 0.5) is 4.39 Å². The summed E-state index contributed by atoms with van der Waals surface area (Å²) in [6.45, 7) is 7.36. The van der Waals surface area contributed by atoms with Gasteiger partial charge in [-0.25, -0.2) is 4.39 Å². The van der Waals surface area contributed by atoms with Gasteiger partial charge >= 0.3 is 0 Å². The number of nitrogens with one attached hydrogen (secondary N) is 1. The van der Waals surface area contributed by atoms with Gasteiger partial charge in [0.2, 0.25) is 0 Å². The summed E-state index contributed by atoms with van der Waals surface area (Å²) >= 11 is 9.34. The van der Waals surface area contributed by atoms with Gasteiger partial charge in [-0.3, -0.25) is 0 Å². The first-order chi connectivity index (χ1) is 8.95. The van der Waals surface area contributed by atoms with Gasteiger partial charge in [-0.1, -0.05) is 32.4 Å². The van der Waals surface area contributed by atoms with Crippen LogP contribution in [0, 0.1) is 11.7 Å². The highest BCUT2D eigenvalue weighted by Gasteiger charge is 2.17. The molecule has 0 bridgehead atoms. The molecule has 0 radical (unpaired) electrons. The largest absolute Gasteiger partial charge is 0.310 e. The van der Waals surface area contributed by atoms with Gasteiger partial charge in [0.25, 0.3) is 0 Å². The molecule has 1 rings (SSSR count). The number of halogens is 3. The zero-order valence-electron chi connectivity index (χ0n) is 11.8. The maximum absolute atomic E-state index is 14.1. The minimum Gasteiger partial charge on any atom is -0.310 e. The highest BCUT2D eigenvalue weighted by atomic mass is 79.9. The van der Waals surface area contributed by atoms with Crippen LogP contribution in [0.1, 0.15) is 51.6 Å². The fourth-order valence-electron chi connectivity index (χ4n) is 1.99. The van der Waals surface area contributed by atoms with E-state index in [0.29, 0.717) is 21.0 Å². The SMILES string of the molecule is CCCNC(CCC(C)C)c1cc(Cl)c(Br)cc1F. The third-order valence-corrected chi connectivity index (χ3v) is 4.29. The van der Waals surface area contributed by atoms with E-state index in [0.717, 1.165) is 25.8 Å². The van der Waals surface area contributed by atoms with Crippen molar-refractivity contribution in [1.29, 1.82) is 0 Å². The molecule has 0 saturated carbocycles. The summed E-state index contributed by atoms with van der Waals surface area (Å²) in [5, 5.41) is 3.97. The standard InChI is InChI=1S/C15H22BrClFN/c1-4-7-19-15(6-5-10(2)3)11-8-13(17)12(16)9-14(11)18/h8-10,15,19H,4-7H2,1-3H3. The third kappa shape index (κ3) is 5.41. The van der Waals surface area contributed by atoms with Crippen LogP contribution in [0.3, 0.4) is 0 Å². The van der Waals surface area contributed by atoms with Crippen molar-refractivity contribution >= 4 is 27.5 Å². The Morgan fingerprint density at radius 3 is 2.58 bits per heavy atom. The van der Waals surface area contributed by atoms with E-state index in [9.17, 15) is 4.39 Å². The van der Waals surface area contributed by atoms with Crippen LogP contribution in [-0.4, -0.2) is 6.54 Å². The summed E-state index contributed by atoms with van der Waals surface area (Å²) in [5.74, 6) is 0.411. The lowest BCUT2D eigenvalue weighted by Crippen LogP contribution is -2.23. The van der Waals surface area contributed by atoms with Gasteiger partial charge in [0, 0.05) is 16.1 Å². The molecule has 0 fully saturated rings. The first-order valence-electron chi connectivity index (χ1n) is 6.83. The lowest BCUT2D eigenvalue weighted by Gasteiger charge is -2.21. The number of rotatable bonds is 7. The number of hydrogen-bond acceptors (Lipinski definition) is 1. The Labute approximate surface area is 129 Å². The van der Waals surface area contributed by atoms with Crippen LogP contribution in [-0.2, 0) is 0 Å². The maximum Gasteiger partial charge on any atom is 0.129 e. The van der Waals surface area contributed by atoms with E-state index in [4.69, 9.17) is 11.6 Å². The maximum atomic E-state index is 14.1. The van der Waals surface area contributed by atoms with E-state index in [1.54, 1.807) is 6.07 Å². The molecule has 0 aliphatic carbocycles. The summed E-state index contributed by atoms with van der Waals surface area (Å²) < 4.78 is 14.7. The Hall–Kier alpha value is -0.120. The summed E-state index contributed by atoms with van der Waals surface area (Å²) in [6.07, 6.45) is 3.02. The molecular formula is C15H22BrClFN. The fourth-order valence-corrected chi connectivity index (χ4v) is 2.48. The van der Waals surface area contributed by atoms with Crippen molar-refractivity contribution in [3.63, 3.8) is 0 Å². The molecule has 19 heavy (non-hydrogen) atoms. The van der Waals surface area contributed by atoms with E-state index in [2.05, 4.69) is 42.0 Å². The Bertz CT molecular complexity index is 409. The predicted octanol–water partition coefficient (Wildman–Crippen LogP) is 5.72. The highest BCUT2D eigenvalue weighted by molar-refractivity contribution is 9.10. The number of benzene rings is 1. The van der Waals surface area contributed by atoms with E-state index in [1.807, 2.05) is 0 Å². The van der Waals surface area contributed by atoms with Crippen molar-refractivity contribution in [1.82, 2.24) is 5.32 Å². The van der Waals surface area contributed by atoms with Gasteiger partial charge in [-0.2, -0.15) is 0 Å². The molecule has 0 aliphatic rings. The van der Waals surface area contributed by atoms with Gasteiger partial charge in [-0.05, 0) is 59.8 Å². The summed E-state index contributed by atoms with van der Waals surface area (Å²) in [4.78, 5) is 0. The zero-order valence-corrected chi connectivity index (χ0v) is 14.1. The number of hydrogen-bond donors (Lipinski definition) is 1. The van der Waals surface area contributed by atoms with Crippen molar-refractivity contribution in [2.24, 2.45) is 5.92 Å². The van der Waals surface area contributed by atoms with E-state index < -0.39 is 0 Å². The van der Waals surface area contributed by atoms with Gasteiger partial charge in [-0.15, -0.1) is 0 Å². The molecule has 1 atom stereocenters. The molecule has 4 heteroatoms. The molecule has 108 valence electrons. The van der Waals surface area contributed by atoms with Gasteiger partial charge in [0.15, 0.2) is 0 Å². The van der Waals surface area contributed by atoms with E-state index in [1.165, 1.54) is 6.07 Å². The molecular weight excluding hydrogens is 329 g/mol. The Morgan fingerprint density at radius 1 is 1.32 bits per heavy atom. The zero-order chi connectivity index (χ0) is 14.4. The van der Waals surface area contributed by atoms with Crippen molar-refractivity contribution < 1.29 is 4.39 Å². The van der Waals surface area contributed by atoms with Crippen molar-refractivity contribution in [3.05, 3.63) is 33.0 Å². The lowest BCUT2D eigenvalue weighted by atomic mass is 9.97. The monoisotopic (exact) mass is 349 g/mol. The summed E-state index contributed by atoms with van der Waals surface area (Å²) in [7, 11) is 0. The summed E-state index contributed by atoms with van der Waals surface area (Å²) in [5.41, 5.74) is 0.669. The molecule has 1 aromatic rings. The first-order valence-corrected chi connectivity index (χ1v) is 8.00. The molecule has 0 saturated heterocycles. The lowest BCUT2D eigenvalue weighted by molar-refractivity contribution is 0.427. The smallest absolute Gasteiger partial charge is 0.129 e. The second-order valence-electron chi connectivity index (χ2n) is 5.27. The van der Waals surface area contributed by atoms with Crippen molar-refractivity contribution in [2.45, 2.75) is 46.1 Å².